The maximum Gasteiger partial charge on any atom is 0.322 e. The molecule has 2 saturated carbocycles. The smallest absolute Gasteiger partial charge is 0.322 e. The monoisotopic (exact) mass is 1070 g/mol. The number of carboxylic acid groups (broad SMARTS) is 1. The molecule has 7 N–H and O–H groups in total. The van der Waals surface area contributed by atoms with E-state index in [1.165, 1.54) is 36.8 Å². The van der Waals surface area contributed by atoms with Crippen molar-refractivity contribution in [2.75, 3.05) is 65.0 Å². The van der Waals surface area contributed by atoms with Crippen LogP contribution in [0.5, 0.6) is 6.01 Å². The summed E-state index contributed by atoms with van der Waals surface area (Å²) in [5.41, 5.74) is 16.4. The number of rotatable bonds is 20. The summed E-state index contributed by atoms with van der Waals surface area (Å²) < 4.78 is 14.9. The molecule has 3 aromatic heterocycles. The Labute approximate surface area is 460 Å². The predicted molar refractivity (Wildman–Crippen MR) is 314 cm³/mol. The van der Waals surface area contributed by atoms with E-state index in [2.05, 4.69) is 109 Å². The van der Waals surface area contributed by atoms with Gasteiger partial charge in [-0.05, 0) is 132 Å². The van der Waals surface area contributed by atoms with Gasteiger partial charge in [-0.2, -0.15) is 29.4 Å². The number of likely N-dealkylation sites (tertiary alicyclic amines) is 1. The van der Waals surface area contributed by atoms with Crippen molar-refractivity contribution >= 4 is 41.4 Å². The third kappa shape index (κ3) is 22.0. The fourth-order valence-corrected chi connectivity index (χ4v) is 9.26. The molecule has 1 aliphatic heterocycles. The van der Waals surface area contributed by atoms with Crippen LogP contribution in [-0.4, -0.2) is 134 Å². The number of aliphatic imine (C=N–C) groups is 2. The van der Waals surface area contributed by atoms with Crippen molar-refractivity contribution in [1.29, 1.82) is 0 Å². The number of nitrogen functional groups attached to an aromatic ring is 1. The molecule has 426 valence electrons. The molecule has 18 nitrogen and oxygen atoms in total. The third-order valence-corrected chi connectivity index (χ3v) is 14.6. The zero-order valence-electron chi connectivity index (χ0n) is 48.2. The van der Waals surface area contributed by atoms with Crippen LogP contribution in [0.4, 0.5) is 17.5 Å². The average molecular weight is 1070 g/mol. The van der Waals surface area contributed by atoms with E-state index in [4.69, 9.17) is 31.0 Å². The molecule has 0 amide bonds. The highest BCUT2D eigenvalue weighted by Crippen LogP contribution is 2.32. The molecule has 0 bridgehead atoms. The van der Waals surface area contributed by atoms with Crippen LogP contribution >= 0.6 is 0 Å². The molecule has 77 heavy (non-hydrogen) atoms. The topological polar surface area (TPSA) is 232 Å². The largest absolute Gasteiger partial charge is 0.483 e. The van der Waals surface area contributed by atoms with E-state index >= 15 is 0 Å². The van der Waals surface area contributed by atoms with Crippen molar-refractivity contribution in [3.8, 4) is 6.01 Å². The molecule has 1 aromatic carbocycles. The number of anilines is 2. The van der Waals surface area contributed by atoms with Gasteiger partial charge in [-0.25, -0.2) is 4.99 Å². The first kappa shape index (κ1) is 63.4. The Morgan fingerprint density at radius 2 is 1.61 bits per heavy atom. The average Bonchev–Trinajstić information content (AvgIpc) is 4.06. The molecule has 7 rings (SSSR count). The van der Waals surface area contributed by atoms with Crippen LogP contribution in [-0.2, 0) is 16.1 Å². The van der Waals surface area contributed by atoms with Gasteiger partial charge in [0.15, 0.2) is 17.9 Å². The van der Waals surface area contributed by atoms with Gasteiger partial charge in [-0.15, -0.1) is 0 Å². The summed E-state index contributed by atoms with van der Waals surface area (Å²) in [6, 6.07) is 8.21. The van der Waals surface area contributed by atoms with Gasteiger partial charge in [0, 0.05) is 50.0 Å². The minimum absolute atomic E-state index is 0.0452. The van der Waals surface area contributed by atoms with Crippen LogP contribution in [0.25, 0.3) is 5.65 Å². The highest BCUT2D eigenvalue weighted by atomic mass is 16.5. The molecule has 1 saturated heterocycles. The molecule has 1 unspecified atom stereocenters. The lowest BCUT2D eigenvalue weighted by molar-refractivity contribution is -0.143. The molecular weight excluding hydrogens is 971 g/mol. The normalized spacial score (nSPS) is 19.9. The molecule has 18 heteroatoms. The van der Waals surface area contributed by atoms with Gasteiger partial charge < -0.3 is 46.3 Å². The van der Waals surface area contributed by atoms with Gasteiger partial charge in [0.1, 0.15) is 6.10 Å². The Morgan fingerprint density at radius 3 is 2.22 bits per heavy atom. The summed E-state index contributed by atoms with van der Waals surface area (Å²) in [7, 11) is 5.85. The van der Waals surface area contributed by atoms with Crippen molar-refractivity contribution in [1.82, 2.24) is 39.2 Å². The number of allylic oxidation sites excluding steroid dienone is 4. The Kier molecular flexibility index (Phi) is 27.9. The number of carbonyl (C=O) groups is 1. The van der Waals surface area contributed by atoms with E-state index in [1.54, 1.807) is 23.8 Å². The summed E-state index contributed by atoms with van der Waals surface area (Å²) >= 11 is 0. The molecule has 2 aliphatic carbocycles. The van der Waals surface area contributed by atoms with E-state index in [9.17, 15) is 9.90 Å². The first-order valence-corrected chi connectivity index (χ1v) is 28.1. The van der Waals surface area contributed by atoms with Crippen molar-refractivity contribution in [2.24, 2.45) is 39.4 Å². The number of benzene rings is 1. The molecule has 4 heterocycles. The van der Waals surface area contributed by atoms with Crippen LogP contribution in [0.15, 0.2) is 83.6 Å². The van der Waals surface area contributed by atoms with Crippen LogP contribution < -0.4 is 21.5 Å². The molecule has 4 aromatic rings. The molecular formula is C59H95N13O5. The van der Waals surface area contributed by atoms with E-state index in [1.807, 2.05) is 54.8 Å². The van der Waals surface area contributed by atoms with Crippen LogP contribution in [0.2, 0.25) is 0 Å². The quantitative estimate of drug-likeness (QED) is 0.0182. The van der Waals surface area contributed by atoms with Gasteiger partial charge in [-0.1, -0.05) is 110 Å². The number of nitrogens with two attached hydrogens (primary N) is 2. The first-order chi connectivity index (χ1) is 36.9. The number of nitrogens with one attached hydrogen (secondary N) is 1. The standard InChI is InChI=1S/C21H29N7O.C15H28N6O.C15H24O.C8H14O2/c1-14(2)18-13-24-28-19(18)25-21(29-17-7-9-27(3)10-8-17)26-20(28)23-12-15-5-4-6-16(22)11-15;1-6-20(5)8-7-9-22-11-18-14-13(12(2)3)10-19-21(14)15(16)17-4;1-3-4-5-6-7-8-15(16)14-11-9-13(2)10-12-14;1-6-2-4-7(5-3-6)8(9)10/h4-6,11,13-14,17H,7-10,12,22H2,1-3H3,(H,23,25,26);10-12H,6-9H2,1-5H3,(H2,16,17);3-7,13-16H,1,8-12H2,2H3;6-7H,2-5H2,1H3,(H,9,10)/b;;5-4-,7-6+;. The minimum Gasteiger partial charge on any atom is -0.483 e. The maximum atomic E-state index is 10.5. The summed E-state index contributed by atoms with van der Waals surface area (Å²) in [4.78, 5) is 32.7. The lowest BCUT2D eigenvalue weighted by Gasteiger charge is -2.29. The van der Waals surface area contributed by atoms with Gasteiger partial charge in [0.25, 0.3) is 0 Å². The third-order valence-electron chi connectivity index (χ3n) is 14.6. The summed E-state index contributed by atoms with van der Waals surface area (Å²) in [5, 5.41) is 30.8. The van der Waals surface area contributed by atoms with Gasteiger partial charge in [-0.3, -0.25) is 9.79 Å². The number of nitrogens with zero attached hydrogens (tertiary/aromatic N) is 10. The highest BCUT2D eigenvalue weighted by Gasteiger charge is 2.25. The zero-order chi connectivity index (χ0) is 56.3. The first-order valence-electron chi connectivity index (χ1n) is 28.1. The van der Waals surface area contributed by atoms with Crippen molar-refractivity contribution in [2.45, 2.75) is 156 Å². The van der Waals surface area contributed by atoms with Crippen LogP contribution in [0.1, 0.15) is 154 Å². The Bertz CT molecular complexity index is 2460. The number of hydrogen-bond acceptors (Lipinski definition) is 14. The van der Waals surface area contributed by atoms with E-state index in [0.717, 1.165) is 117 Å². The lowest BCUT2D eigenvalue weighted by atomic mass is 9.79. The Hall–Kier alpha value is -6.11. The molecule has 3 aliphatic rings. The van der Waals surface area contributed by atoms with Crippen molar-refractivity contribution in [3.63, 3.8) is 0 Å². The second-order valence-electron chi connectivity index (χ2n) is 21.6. The highest BCUT2D eigenvalue weighted by molar-refractivity contribution is 5.83. The SMILES string of the molecule is C=C/C=C\C=C\CC(O)C1CCC(C)CC1.CC(C)c1cnn2c(NCc3cccc(N)c3)nc(OC3CCN(C)CC3)nc12.CC1CCC(C(=O)O)CC1.CCN(C)CCCOC=Nc1c(C(C)C)cnn1C(N)=NC. The predicted octanol–water partition coefficient (Wildman–Crippen LogP) is 10.5. The Morgan fingerprint density at radius 1 is 0.948 bits per heavy atom. The molecule has 1 atom stereocenters. The van der Waals surface area contributed by atoms with Crippen LogP contribution in [0.3, 0.4) is 0 Å². The summed E-state index contributed by atoms with van der Waals surface area (Å²) in [6.07, 6.45) is 27.3. The van der Waals surface area contributed by atoms with Crippen LogP contribution in [0, 0.1) is 23.7 Å². The molecule has 0 radical (unpaired) electrons. The number of piperidine rings is 1. The number of ether oxygens (including phenoxy) is 2. The fourth-order valence-electron chi connectivity index (χ4n) is 9.26. The molecule has 3 fully saturated rings. The number of fused-ring (bicyclic) bond motifs is 1. The second kappa shape index (κ2) is 33.9. The number of carboxylic acids is 1. The summed E-state index contributed by atoms with van der Waals surface area (Å²) in [6.45, 7) is 24.0. The van der Waals surface area contributed by atoms with E-state index < -0.39 is 5.97 Å². The van der Waals surface area contributed by atoms with E-state index in [0.29, 0.717) is 54.6 Å². The number of hydrogen-bond donors (Lipinski definition) is 5. The Balaban J connectivity index is 0.000000237. The maximum absolute atomic E-state index is 10.5. The van der Waals surface area contributed by atoms with Gasteiger partial charge in [0.2, 0.25) is 11.9 Å². The van der Waals surface area contributed by atoms with Gasteiger partial charge >= 0.3 is 12.0 Å². The van der Waals surface area contributed by atoms with E-state index in [-0.39, 0.29) is 18.1 Å². The number of aliphatic carboxylic acids is 1. The molecule has 0 spiro atoms. The second-order valence-corrected chi connectivity index (χ2v) is 21.6. The number of aliphatic hydroxyl groups excluding tert-OH is 1. The zero-order valence-corrected chi connectivity index (χ0v) is 48.2. The van der Waals surface area contributed by atoms with Crippen molar-refractivity contribution < 1.29 is 24.5 Å². The fraction of sp³-hybridized carbons (Fsp3) is 0.610. The van der Waals surface area contributed by atoms with Crippen molar-refractivity contribution in [3.05, 3.63) is 90.3 Å². The number of aromatic nitrogens is 6. The van der Waals surface area contributed by atoms with Gasteiger partial charge in [0.05, 0.1) is 31.0 Å². The number of aliphatic hydroxyl groups is 1. The minimum atomic E-state index is -0.605. The lowest BCUT2D eigenvalue weighted by Crippen LogP contribution is -2.36. The summed E-state index contributed by atoms with van der Waals surface area (Å²) in [5.74, 6) is 3.67.